The molecule has 0 aromatic heterocycles. The van der Waals surface area contributed by atoms with Crippen molar-refractivity contribution >= 4 is 31.9 Å². The maximum Gasteiger partial charge on any atom is 0.123 e. The van der Waals surface area contributed by atoms with Gasteiger partial charge in [-0.2, -0.15) is 0 Å². The van der Waals surface area contributed by atoms with Gasteiger partial charge in [0.2, 0.25) is 0 Å². The van der Waals surface area contributed by atoms with Crippen molar-refractivity contribution in [3.63, 3.8) is 0 Å². The SMILES string of the molecule is Cc1cccc(C(Br)c2ccc(F)cc2)c1Br. The Labute approximate surface area is 117 Å². The lowest BCUT2D eigenvalue weighted by Gasteiger charge is -2.14. The Morgan fingerprint density at radius 2 is 1.71 bits per heavy atom. The monoisotopic (exact) mass is 356 g/mol. The minimum atomic E-state index is -0.211. The number of benzene rings is 2. The summed E-state index contributed by atoms with van der Waals surface area (Å²) >= 11 is 7.24. The summed E-state index contributed by atoms with van der Waals surface area (Å²) in [6, 6.07) is 12.7. The number of aryl methyl sites for hydroxylation is 1. The Hall–Kier alpha value is -0.670. The molecule has 0 bridgehead atoms. The zero-order valence-electron chi connectivity index (χ0n) is 9.25. The van der Waals surface area contributed by atoms with Crippen LogP contribution < -0.4 is 0 Å². The third-order valence-corrected chi connectivity index (χ3v) is 4.76. The summed E-state index contributed by atoms with van der Waals surface area (Å²) in [5.74, 6) is -0.211. The maximum atomic E-state index is 12.9. The zero-order chi connectivity index (χ0) is 12.4. The van der Waals surface area contributed by atoms with Crippen LogP contribution in [0.1, 0.15) is 21.5 Å². The van der Waals surface area contributed by atoms with Crippen LogP contribution in [0.25, 0.3) is 0 Å². The molecule has 0 aliphatic heterocycles. The van der Waals surface area contributed by atoms with E-state index >= 15 is 0 Å². The van der Waals surface area contributed by atoms with Crippen molar-refractivity contribution in [3.05, 3.63) is 69.4 Å². The molecule has 0 aliphatic carbocycles. The zero-order valence-corrected chi connectivity index (χ0v) is 12.4. The first-order valence-electron chi connectivity index (χ1n) is 5.24. The molecule has 0 fully saturated rings. The van der Waals surface area contributed by atoms with Crippen molar-refractivity contribution in [3.8, 4) is 0 Å². The van der Waals surface area contributed by atoms with Crippen LogP contribution >= 0.6 is 31.9 Å². The first-order chi connectivity index (χ1) is 8.09. The van der Waals surface area contributed by atoms with Gasteiger partial charge in [0.1, 0.15) is 5.82 Å². The smallest absolute Gasteiger partial charge is 0.123 e. The molecule has 3 heteroatoms. The summed E-state index contributed by atoms with van der Waals surface area (Å²) in [6.07, 6.45) is 0. The fourth-order valence-corrected chi connectivity index (χ4v) is 3.16. The molecule has 0 spiro atoms. The van der Waals surface area contributed by atoms with Crippen LogP contribution in [0.2, 0.25) is 0 Å². The number of hydrogen-bond acceptors (Lipinski definition) is 0. The Kier molecular flexibility index (Phi) is 4.00. The van der Waals surface area contributed by atoms with Crippen molar-refractivity contribution in [1.82, 2.24) is 0 Å². The quantitative estimate of drug-likeness (QED) is 0.633. The average Bonchev–Trinajstić information content (AvgIpc) is 2.33. The molecule has 88 valence electrons. The van der Waals surface area contributed by atoms with Crippen LogP contribution in [0.3, 0.4) is 0 Å². The van der Waals surface area contributed by atoms with Gasteiger partial charge in [0.25, 0.3) is 0 Å². The molecular weight excluding hydrogens is 347 g/mol. The highest BCUT2D eigenvalue weighted by Crippen LogP contribution is 2.36. The fourth-order valence-electron chi connectivity index (χ4n) is 1.68. The molecule has 1 atom stereocenters. The van der Waals surface area contributed by atoms with E-state index in [2.05, 4.69) is 50.9 Å². The summed E-state index contributed by atoms with van der Waals surface area (Å²) in [5.41, 5.74) is 3.38. The Balaban J connectivity index is 2.40. The molecule has 0 saturated carbocycles. The van der Waals surface area contributed by atoms with E-state index in [0.717, 1.165) is 15.6 Å². The van der Waals surface area contributed by atoms with Crippen molar-refractivity contribution in [2.24, 2.45) is 0 Å². The maximum absolute atomic E-state index is 12.9. The lowest BCUT2D eigenvalue weighted by atomic mass is 10.0. The summed E-state index contributed by atoms with van der Waals surface area (Å²) in [6.45, 7) is 2.05. The first kappa shape index (κ1) is 12.8. The van der Waals surface area contributed by atoms with Gasteiger partial charge in [-0.05, 0) is 35.7 Å². The lowest BCUT2D eigenvalue weighted by Crippen LogP contribution is -1.95. The highest BCUT2D eigenvalue weighted by Gasteiger charge is 2.14. The molecule has 0 amide bonds. The topological polar surface area (TPSA) is 0 Å². The van der Waals surface area contributed by atoms with E-state index in [0.29, 0.717) is 0 Å². The highest BCUT2D eigenvalue weighted by atomic mass is 79.9. The highest BCUT2D eigenvalue weighted by molar-refractivity contribution is 9.11. The third-order valence-electron chi connectivity index (χ3n) is 2.66. The van der Waals surface area contributed by atoms with Gasteiger partial charge in [-0.3, -0.25) is 0 Å². The van der Waals surface area contributed by atoms with Gasteiger partial charge in [0.05, 0.1) is 4.83 Å². The molecule has 2 rings (SSSR count). The van der Waals surface area contributed by atoms with Crippen molar-refractivity contribution in [2.75, 3.05) is 0 Å². The van der Waals surface area contributed by atoms with Crippen LogP contribution in [0.5, 0.6) is 0 Å². The van der Waals surface area contributed by atoms with Gasteiger partial charge in [-0.25, -0.2) is 4.39 Å². The molecule has 0 radical (unpaired) electrons. The standard InChI is InChI=1S/C14H11Br2F/c1-9-3-2-4-12(13(9)15)14(16)10-5-7-11(17)8-6-10/h2-8,14H,1H3. The van der Waals surface area contributed by atoms with Crippen LogP contribution in [0.15, 0.2) is 46.9 Å². The second-order valence-corrected chi connectivity index (χ2v) is 5.60. The fraction of sp³-hybridized carbons (Fsp3) is 0.143. The molecule has 0 nitrogen and oxygen atoms in total. The van der Waals surface area contributed by atoms with Gasteiger partial charge < -0.3 is 0 Å². The molecule has 2 aromatic carbocycles. The van der Waals surface area contributed by atoms with Crippen LogP contribution in [-0.2, 0) is 0 Å². The van der Waals surface area contributed by atoms with E-state index in [1.54, 1.807) is 12.1 Å². The molecule has 0 heterocycles. The predicted octanol–water partition coefficient (Wildman–Crippen LogP) is 5.38. The van der Waals surface area contributed by atoms with Crippen molar-refractivity contribution < 1.29 is 4.39 Å². The largest absolute Gasteiger partial charge is 0.207 e. The second kappa shape index (κ2) is 5.32. The van der Waals surface area contributed by atoms with Crippen molar-refractivity contribution in [2.45, 2.75) is 11.8 Å². The second-order valence-electron chi connectivity index (χ2n) is 3.89. The van der Waals surface area contributed by atoms with E-state index in [9.17, 15) is 4.39 Å². The lowest BCUT2D eigenvalue weighted by molar-refractivity contribution is 0.627. The van der Waals surface area contributed by atoms with Gasteiger partial charge in [-0.1, -0.05) is 62.2 Å². The van der Waals surface area contributed by atoms with Gasteiger partial charge in [0.15, 0.2) is 0 Å². The number of alkyl halides is 1. The van der Waals surface area contributed by atoms with Crippen molar-refractivity contribution in [1.29, 1.82) is 0 Å². The van der Waals surface area contributed by atoms with Gasteiger partial charge in [-0.15, -0.1) is 0 Å². The molecule has 0 saturated heterocycles. The summed E-state index contributed by atoms with van der Waals surface area (Å²) < 4.78 is 14.0. The molecule has 0 N–H and O–H groups in total. The summed E-state index contributed by atoms with van der Waals surface area (Å²) in [4.78, 5) is 0.0670. The number of hydrogen-bond donors (Lipinski definition) is 0. The summed E-state index contributed by atoms with van der Waals surface area (Å²) in [7, 11) is 0. The minimum absolute atomic E-state index is 0.0670. The molecule has 2 aromatic rings. The molecule has 17 heavy (non-hydrogen) atoms. The summed E-state index contributed by atoms with van der Waals surface area (Å²) in [5, 5.41) is 0. The first-order valence-corrected chi connectivity index (χ1v) is 6.95. The van der Waals surface area contributed by atoms with E-state index in [4.69, 9.17) is 0 Å². The Morgan fingerprint density at radius 3 is 2.35 bits per heavy atom. The average molecular weight is 358 g/mol. The minimum Gasteiger partial charge on any atom is -0.207 e. The number of halogens is 3. The van der Waals surface area contributed by atoms with E-state index < -0.39 is 0 Å². The predicted molar refractivity (Wildman–Crippen MR) is 76.0 cm³/mol. The molecule has 0 aliphatic rings. The van der Waals surface area contributed by atoms with Crippen LogP contribution in [-0.4, -0.2) is 0 Å². The van der Waals surface area contributed by atoms with E-state index in [1.807, 2.05) is 6.07 Å². The molecule has 1 unspecified atom stereocenters. The van der Waals surface area contributed by atoms with Crippen LogP contribution in [0.4, 0.5) is 4.39 Å². The third kappa shape index (κ3) is 2.78. The van der Waals surface area contributed by atoms with E-state index in [1.165, 1.54) is 17.7 Å². The van der Waals surface area contributed by atoms with Gasteiger partial charge >= 0.3 is 0 Å². The molecular formula is C14H11Br2F. The Morgan fingerprint density at radius 1 is 1.06 bits per heavy atom. The normalized spacial score (nSPS) is 12.5. The van der Waals surface area contributed by atoms with Gasteiger partial charge in [0, 0.05) is 4.47 Å². The number of rotatable bonds is 2. The van der Waals surface area contributed by atoms with Crippen LogP contribution in [0, 0.1) is 12.7 Å². The van der Waals surface area contributed by atoms with E-state index in [-0.39, 0.29) is 10.6 Å². The Bertz CT molecular complexity index is 520.